The van der Waals surface area contributed by atoms with Gasteiger partial charge in [-0.15, -0.1) is 5.10 Å². The maximum Gasteiger partial charge on any atom is 0.269 e. The van der Waals surface area contributed by atoms with E-state index in [-0.39, 0.29) is 11.9 Å². The Hall–Kier alpha value is -1.58. The number of ether oxygens (including phenoxy) is 1. The van der Waals surface area contributed by atoms with Crippen molar-refractivity contribution >= 4 is 11.9 Å². The number of aromatic amines is 1. The van der Waals surface area contributed by atoms with E-state index in [1.807, 2.05) is 0 Å². The number of anilines is 1. The first-order valence-corrected chi connectivity index (χ1v) is 10.7. The van der Waals surface area contributed by atoms with Gasteiger partial charge in [-0.2, -0.15) is 15.0 Å². The number of nitrogens with one attached hydrogen (secondary N) is 2. The molecule has 5 aliphatic carbocycles. The second kappa shape index (κ2) is 6.21. The highest BCUT2D eigenvalue weighted by atomic mass is 17.3. The third-order valence-electron chi connectivity index (χ3n) is 7.88. The minimum Gasteiger partial charge on any atom is -0.312 e. The van der Waals surface area contributed by atoms with Crippen molar-refractivity contribution in [2.75, 3.05) is 5.32 Å². The maximum absolute atomic E-state index is 12.2. The minimum atomic E-state index is -0.615. The Bertz CT molecular complexity index is 718. The molecule has 1 amide bonds. The lowest BCUT2D eigenvalue weighted by atomic mass is 9.53. The Morgan fingerprint density at radius 3 is 2.43 bits per heavy atom. The Balaban J connectivity index is 1.07. The molecular weight excluding hydrogens is 362 g/mol. The van der Waals surface area contributed by atoms with Gasteiger partial charge in [0.2, 0.25) is 17.5 Å². The minimum absolute atomic E-state index is 0.0793. The largest absolute Gasteiger partial charge is 0.312 e. The number of amides is 1. The molecule has 0 radical (unpaired) electrons. The van der Waals surface area contributed by atoms with Crippen LogP contribution in [0.2, 0.25) is 0 Å². The van der Waals surface area contributed by atoms with Crippen LogP contribution in [0.3, 0.4) is 0 Å². The first-order valence-electron chi connectivity index (χ1n) is 10.7. The number of nitrogens with zero attached hydrogens (tertiary/aromatic N) is 3. The van der Waals surface area contributed by atoms with Gasteiger partial charge in [-0.25, -0.2) is 0 Å². The highest BCUT2D eigenvalue weighted by Gasteiger charge is 2.66. The van der Waals surface area contributed by atoms with Gasteiger partial charge in [0.25, 0.3) is 5.95 Å². The summed E-state index contributed by atoms with van der Waals surface area (Å²) in [6.45, 7) is 0. The van der Waals surface area contributed by atoms with Gasteiger partial charge >= 0.3 is 0 Å². The van der Waals surface area contributed by atoms with Crippen molar-refractivity contribution < 1.29 is 19.3 Å². The molecule has 1 aromatic rings. The average Bonchev–Trinajstić information content (AvgIpc) is 3.31. The zero-order valence-corrected chi connectivity index (χ0v) is 15.9. The summed E-state index contributed by atoms with van der Waals surface area (Å²) in [4.78, 5) is 24.2. The second-order valence-corrected chi connectivity index (χ2v) is 9.64. The van der Waals surface area contributed by atoms with Gasteiger partial charge in [-0.1, -0.05) is 5.10 Å². The molecule has 6 fully saturated rings. The summed E-state index contributed by atoms with van der Waals surface area (Å²) in [6.07, 6.45) is 10.1. The maximum atomic E-state index is 12.2. The zero-order chi connectivity index (χ0) is 18.8. The van der Waals surface area contributed by atoms with Crippen LogP contribution < -0.4 is 5.32 Å². The number of H-pyrrole nitrogens is 1. The van der Waals surface area contributed by atoms with E-state index in [4.69, 9.17) is 14.5 Å². The molecule has 7 rings (SSSR count). The van der Waals surface area contributed by atoms with Gasteiger partial charge in [-0.05, 0) is 67.9 Å². The van der Waals surface area contributed by atoms with Crippen molar-refractivity contribution in [3.8, 4) is 0 Å². The lowest BCUT2D eigenvalue weighted by Gasteiger charge is -2.57. The summed E-state index contributed by atoms with van der Waals surface area (Å²) in [6, 6.07) is 0. The smallest absolute Gasteiger partial charge is 0.269 e. The van der Waals surface area contributed by atoms with Crippen molar-refractivity contribution in [1.82, 2.24) is 20.6 Å². The van der Waals surface area contributed by atoms with Gasteiger partial charge in [0.15, 0.2) is 0 Å². The topological polar surface area (TPSA) is 111 Å². The van der Waals surface area contributed by atoms with Crippen LogP contribution in [0, 0.1) is 29.6 Å². The Labute approximate surface area is 163 Å². The van der Waals surface area contributed by atoms with Crippen LogP contribution >= 0.6 is 0 Å². The van der Waals surface area contributed by atoms with Crippen LogP contribution in [0.4, 0.5) is 5.95 Å². The van der Waals surface area contributed by atoms with Crippen molar-refractivity contribution in [3.63, 3.8) is 0 Å². The summed E-state index contributed by atoms with van der Waals surface area (Å²) in [7, 11) is 0. The molecule has 0 unspecified atom stereocenters. The van der Waals surface area contributed by atoms with E-state index in [1.165, 1.54) is 32.1 Å². The second-order valence-electron chi connectivity index (χ2n) is 9.64. The van der Waals surface area contributed by atoms with Crippen molar-refractivity contribution in [2.45, 2.75) is 75.8 Å². The fraction of sp³-hybridized carbons (Fsp3) is 0.895. The van der Waals surface area contributed by atoms with Gasteiger partial charge in [0, 0.05) is 31.1 Å². The molecule has 1 aliphatic heterocycles. The summed E-state index contributed by atoms with van der Waals surface area (Å²) < 4.78 is 6.72. The molecule has 2 spiro atoms. The van der Waals surface area contributed by atoms with E-state index in [0.717, 1.165) is 37.5 Å². The molecule has 28 heavy (non-hydrogen) atoms. The van der Waals surface area contributed by atoms with E-state index in [1.54, 1.807) is 0 Å². The normalized spacial score (nSPS) is 46.5. The molecule has 152 valence electrons. The summed E-state index contributed by atoms with van der Waals surface area (Å²) in [5.74, 6) is 2.03. The third-order valence-corrected chi connectivity index (χ3v) is 7.88. The van der Waals surface area contributed by atoms with E-state index < -0.39 is 11.6 Å². The van der Waals surface area contributed by atoms with Crippen LogP contribution in [0.1, 0.15) is 64.2 Å². The van der Waals surface area contributed by atoms with E-state index in [2.05, 4.69) is 25.9 Å². The van der Waals surface area contributed by atoms with Crippen LogP contribution in [-0.4, -0.2) is 38.1 Å². The average molecular weight is 389 g/mol. The molecule has 0 atom stereocenters. The Morgan fingerprint density at radius 2 is 1.79 bits per heavy atom. The molecule has 0 aromatic carbocycles. The number of hydrogen-bond donors (Lipinski definition) is 2. The molecule has 2 heterocycles. The first-order chi connectivity index (χ1) is 13.6. The molecule has 4 bridgehead atoms. The van der Waals surface area contributed by atoms with Crippen molar-refractivity contribution in [1.29, 1.82) is 0 Å². The fourth-order valence-corrected chi connectivity index (χ4v) is 6.77. The Morgan fingerprint density at radius 1 is 1.07 bits per heavy atom. The van der Waals surface area contributed by atoms with Crippen molar-refractivity contribution in [3.05, 3.63) is 0 Å². The Kier molecular flexibility index (Phi) is 3.83. The number of hydrogen-bond acceptors (Lipinski definition) is 7. The van der Waals surface area contributed by atoms with Crippen LogP contribution in [-0.2, 0) is 19.3 Å². The fourth-order valence-electron chi connectivity index (χ4n) is 6.77. The predicted octanol–water partition coefficient (Wildman–Crippen LogP) is 2.55. The standard InChI is InChI=1S/C19H27N5O4/c25-16(20-17-21-23-24-22-17)10-11-1-3-18(4-2-11)26-19(28-27-18)14-6-12-5-13(8-14)9-15(19)7-12/h11-15H,1-10H2,(H2,20,21,22,23,24,25). The number of tetrazole rings is 1. The van der Waals surface area contributed by atoms with Crippen LogP contribution in [0.15, 0.2) is 0 Å². The predicted molar refractivity (Wildman–Crippen MR) is 95.1 cm³/mol. The van der Waals surface area contributed by atoms with E-state index in [0.29, 0.717) is 24.2 Å². The molecule has 9 nitrogen and oxygen atoms in total. The van der Waals surface area contributed by atoms with Crippen molar-refractivity contribution in [2.24, 2.45) is 29.6 Å². The van der Waals surface area contributed by atoms with Crippen LogP contribution in [0.5, 0.6) is 0 Å². The number of aromatic nitrogens is 4. The molecule has 6 aliphatic rings. The van der Waals surface area contributed by atoms with Gasteiger partial charge in [0.1, 0.15) is 0 Å². The molecular formula is C19H27N5O4. The lowest BCUT2D eigenvalue weighted by Crippen LogP contribution is -2.59. The molecule has 1 aromatic heterocycles. The highest BCUT2D eigenvalue weighted by Crippen LogP contribution is 2.63. The highest BCUT2D eigenvalue weighted by molar-refractivity contribution is 5.88. The lowest BCUT2D eigenvalue weighted by molar-refractivity contribution is -0.390. The van der Waals surface area contributed by atoms with E-state index >= 15 is 0 Å². The van der Waals surface area contributed by atoms with Gasteiger partial charge in [-0.3, -0.25) is 10.1 Å². The monoisotopic (exact) mass is 389 g/mol. The molecule has 1 saturated heterocycles. The summed E-state index contributed by atoms with van der Waals surface area (Å²) in [5, 5.41) is 16.0. The number of carbonyl (C=O) groups is 1. The third kappa shape index (κ3) is 2.70. The van der Waals surface area contributed by atoms with Gasteiger partial charge in [0.05, 0.1) is 0 Å². The summed E-state index contributed by atoms with van der Waals surface area (Å²) in [5.41, 5.74) is 0. The number of carbonyl (C=O) groups excluding carboxylic acids is 1. The van der Waals surface area contributed by atoms with E-state index in [9.17, 15) is 4.79 Å². The zero-order valence-electron chi connectivity index (χ0n) is 15.9. The number of rotatable bonds is 3. The molecule has 5 saturated carbocycles. The SMILES string of the molecule is O=C(CC1CCC2(CC1)OOC1(O2)C2CC3CC(C2)CC1C3)Nc1nn[nH]n1. The first kappa shape index (κ1) is 17.3. The molecule has 2 N–H and O–H groups in total. The molecule has 9 heteroatoms. The van der Waals surface area contributed by atoms with Crippen LogP contribution in [0.25, 0.3) is 0 Å². The van der Waals surface area contributed by atoms with Gasteiger partial charge < -0.3 is 4.74 Å². The quantitative estimate of drug-likeness (QED) is 0.764. The summed E-state index contributed by atoms with van der Waals surface area (Å²) >= 11 is 0.